The number of halogens is 3. The molecule has 3 N–H and O–H groups in total. The molecule has 2 aromatic rings. The zero-order chi connectivity index (χ0) is 16.2. The van der Waals surface area contributed by atoms with Crippen LogP contribution in [0.3, 0.4) is 0 Å². The number of amides is 2. The van der Waals surface area contributed by atoms with Crippen molar-refractivity contribution in [3.63, 3.8) is 0 Å². The number of carbonyl (C=O) groups excluding carboxylic acids is 1. The maximum atomic E-state index is 12.2. The normalized spacial score (nSPS) is 12.9. The Balaban J connectivity index is 1.80. The van der Waals surface area contributed by atoms with Crippen LogP contribution in [0.4, 0.5) is 23.1 Å². The fourth-order valence-electron chi connectivity index (χ4n) is 1.46. The van der Waals surface area contributed by atoms with Crippen LogP contribution in [0.5, 0.6) is 0 Å². The zero-order valence-corrected chi connectivity index (χ0v) is 11.7. The van der Waals surface area contributed by atoms with Crippen molar-refractivity contribution in [2.45, 2.75) is 18.7 Å². The first kappa shape index (κ1) is 16.2. The maximum Gasteiger partial charge on any atom is 0.395 e. The highest BCUT2D eigenvalue weighted by molar-refractivity contribution is 7.15. The van der Waals surface area contributed by atoms with Gasteiger partial charge in [-0.15, -0.1) is 10.2 Å². The largest absolute Gasteiger partial charge is 0.467 e. The molecular formula is C11H11F3N4O3S. The first-order valence-electron chi connectivity index (χ1n) is 5.99. The van der Waals surface area contributed by atoms with Gasteiger partial charge < -0.3 is 14.8 Å². The van der Waals surface area contributed by atoms with Crippen LogP contribution in [0.1, 0.15) is 16.9 Å². The van der Waals surface area contributed by atoms with Gasteiger partial charge in [-0.1, -0.05) is 11.3 Å². The number of nitrogens with zero attached hydrogens (tertiary/aromatic N) is 2. The van der Waals surface area contributed by atoms with E-state index in [9.17, 15) is 23.1 Å². The third-order valence-corrected chi connectivity index (χ3v) is 3.21. The van der Waals surface area contributed by atoms with Crippen LogP contribution in [-0.4, -0.2) is 34.1 Å². The van der Waals surface area contributed by atoms with Crippen molar-refractivity contribution in [2.75, 3.05) is 11.9 Å². The molecule has 0 aliphatic rings. The summed E-state index contributed by atoms with van der Waals surface area (Å²) in [4.78, 5) is 11.5. The van der Waals surface area contributed by atoms with E-state index in [4.69, 9.17) is 4.42 Å². The Hall–Kier alpha value is -2.14. The number of rotatable bonds is 5. The monoisotopic (exact) mass is 336 g/mol. The summed E-state index contributed by atoms with van der Waals surface area (Å²) in [6, 6.07) is 2.40. The van der Waals surface area contributed by atoms with Crippen LogP contribution in [0.25, 0.3) is 0 Å². The number of anilines is 1. The van der Waals surface area contributed by atoms with Gasteiger partial charge in [0.2, 0.25) is 5.13 Å². The first-order valence-corrected chi connectivity index (χ1v) is 6.80. The third-order valence-electron chi connectivity index (χ3n) is 2.37. The van der Waals surface area contributed by atoms with Gasteiger partial charge in [0.1, 0.15) is 16.9 Å². The summed E-state index contributed by atoms with van der Waals surface area (Å²) in [6.45, 7) is -0.131. The first-order chi connectivity index (χ1) is 10.3. The predicted molar refractivity (Wildman–Crippen MR) is 70.4 cm³/mol. The van der Waals surface area contributed by atoms with E-state index >= 15 is 0 Å². The van der Waals surface area contributed by atoms with Crippen LogP contribution < -0.4 is 10.6 Å². The smallest absolute Gasteiger partial charge is 0.395 e. The molecule has 0 spiro atoms. The highest BCUT2D eigenvalue weighted by atomic mass is 32.1. The lowest BCUT2D eigenvalue weighted by Gasteiger charge is -2.09. The molecule has 2 rings (SSSR count). The van der Waals surface area contributed by atoms with E-state index in [1.54, 1.807) is 12.1 Å². The van der Waals surface area contributed by atoms with Crippen molar-refractivity contribution in [2.24, 2.45) is 0 Å². The second-order valence-corrected chi connectivity index (χ2v) is 5.22. The Morgan fingerprint density at radius 1 is 1.45 bits per heavy atom. The number of hydrogen-bond donors (Lipinski definition) is 3. The lowest BCUT2D eigenvalue weighted by atomic mass is 10.3. The fraction of sp³-hybridized carbons (Fsp3) is 0.364. The van der Waals surface area contributed by atoms with Gasteiger partial charge >= 0.3 is 12.2 Å². The third kappa shape index (κ3) is 5.00. The second-order valence-electron chi connectivity index (χ2n) is 4.16. The lowest BCUT2D eigenvalue weighted by molar-refractivity contribution is -0.127. The van der Waals surface area contributed by atoms with Gasteiger partial charge in [0.15, 0.2) is 0 Å². The summed E-state index contributed by atoms with van der Waals surface area (Å²) in [5.74, 6) is 0.281. The molecule has 0 unspecified atom stereocenters. The van der Waals surface area contributed by atoms with E-state index in [0.29, 0.717) is 11.3 Å². The minimum absolute atomic E-state index is 0.0655. The van der Waals surface area contributed by atoms with Gasteiger partial charge in [0.05, 0.1) is 19.2 Å². The van der Waals surface area contributed by atoms with Crippen molar-refractivity contribution < 1.29 is 27.5 Å². The summed E-state index contributed by atoms with van der Waals surface area (Å²) >= 11 is 0.625. The number of hydrogen-bond acceptors (Lipinski definition) is 6. The van der Waals surface area contributed by atoms with Crippen LogP contribution in [0.15, 0.2) is 22.8 Å². The van der Waals surface area contributed by atoms with Gasteiger partial charge in [0, 0.05) is 0 Å². The Bertz CT molecular complexity index is 614. The molecule has 2 aromatic heterocycles. The van der Waals surface area contributed by atoms with Crippen LogP contribution in [0, 0.1) is 0 Å². The summed E-state index contributed by atoms with van der Waals surface area (Å²) in [5.41, 5.74) is 0. The number of carbonyl (C=O) groups is 1. The van der Waals surface area contributed by atoms with Crippen LogP contribution >= 0.6 is 11.3 Å². The summed E-state index contributed by atoms with van der Waals surface area (Å²) < 4.78 is 41.4. The van der Waals surface area contributed by atoms with E-state index in [1.807, 2.05) is 0 Å². The molecule has 0 saturated carbocycles. The lowest BCUT2D eigenvalue weighted by Crippen LogP contribution is -2.32. The molecule has 0 aliphatic carbocycles. The van der Waals surface area contributed by atoms with E-state index in [1.165, 1.54) is 6.26 Å². The van der Waals surface area contributed by atoms with Gasteiger partial charge in [-0.05, 0) is 12.1 Å². The van der Waals surface area contributed by atoms with E-state index in [-0.39, 0.29) is 22.4 Å². The van der Waals surface area contributed by atoms with E-state index < -0.39 is 24.7 Å². The molecule has 7 nitrogen and oxygen atoms in total. The van der Waals surface area contributed by atoms with Crippen molar-refractivity contribution in [1.29, 1.82) is 0 Å². The average Bonchev–Trinajstić information content (AvgIpc) is 3.06. The van der Waals surface area contributed by atoms with Gasteiger partial charge in [-0.3, -0.25) is 5.32 Å². The minimum atomic E-state index is -4.38. The SMILES string of the molecule is O=C(NC[C@@H](O)c1ccco1)Nc1nnc(CC(F)(F)F)s1. The van der Waals surface area contributed by atoms with Crippen molar-refractivity contribution in [1.82, 2.24) is 15.5 Å². The number of aliphatic hydroxyl groups excluding tert-OH is 1. The summed E-state index contributed by atoms with van der Waals surface area (Å²) in [7, 11) is 0. The molecule has 2 amide bonds. The quantitative estimate of drug-likeness (QED) is 0.776. The molecule has 0 aromatic carbocycles. The number of aliphatic hydroxyl groups is 1. The van der Waals surface area contributed by atoms with Crippen LogP contribution in [0.2, 0.25) is 0 Å². The highest BCUT2D eigenvalue weighted by Gasteiger charge is 2.30. The fourth-order valence-corrected chi connectivity index (χ4v) is 2.23. The number of urea groups is 1. The second kappa shape index (κ2) is 6.75. The molecule has 11 heteroatoms. The molecule has 2 heterocycles. The Kier molecular flexibility index (Phi) is 4.98. The minimum Gasteiger partial charge on any atom is -0.467 e. The van der Waals surface area contributed by atoms with Crippen molar-refractivity contribution in [3.8, 4) is 0 Å². The van der Waals surface area contributed by atoms with Gasteiger partial charge in [-0.25, -0.2) is 4.79 Å². The number of nitrogens with one attached hydrogen (secondary N) is 2. The number of furan rings is 1. The predicted octanol–water partition coefficient (Wildman–Crippen LogP) is 2.09. The Morgan fingerprint density at radius 2 is 2.23 bits per heavy atom. The summed E-state index contributed by atoms with van der Waals surface area (Å²) in [6.07, 6.45) is -5.24. The average molecular weight is 336 g/mol. The number of aromatic nitrogens is 2. The van der Waals surface area contributed by atoms with Crippen LogP contribution in [-0.2, 0) is 6.42 Å². The molecule has 22 heavy (non-hydrogen) atoms. The maximum absolute atomic E-state index is 12.2. The zero-order valence-electron chi connectivity index (χ0n) is 10.9. The van der Waals surface area contributed by atoms with Crippen molar-refractivity contribution >= 4 is 22.5 Å². The highest BCUT2D eigenvalue weighted by Crippen LogP contribution is 2.24. The molecule has 0 saturated heterocycles. The molecule has 120 valence electrons. The summed E-state index contributed by atoms with van der Waals surface area (Å²) in [5, 5.41) is 20.7. The molecule has 0 aliphatic heterocycles. The molecular weight excluding hydrogens is 325 g/mol. The Labute approximate surface area is 126 Å². The topological polar surface area (TPSA) is 100 Å². The standard InChI is InChI=1S/C11H11F3N4O3S/c12-11(13,14)4-8-17-18-10(22-8)16-9(20)15-5-6(19)7-2-1-3-21-7/h1-3,6,19H,4-5H2,(H2,15,16,18,20)/t6-/m1/s1. The Morgan fingerprint density at radius 3 is 2.86 bits per heavy atom. The molecule has 0 radical (unpaired) electrons. The molecule has 0 bridgehead atoms. The van der Waals surface area contributed by atoms with Crippen molar-refractivity contribution in [3.05, 3.63) is 29.2 Å². The van der Waals surface area contributed by atoms with Gasteiger partial charge in [-0.2, -0.15) is 13.2 Å². The molecule has 0 fully saturated rings. The number of alkyl halides is 3. The van der Waals surface area contributed by atoms with Gasteiger partial charge in [0.25, 0.3) is 0 Å². The van der Waals surface area contributed by atoms with E-state index in [2.05, 4.69) is 20.8 Å². The molecule has 1 atom stereocenters. The van der Waals surface area contributed by atoms with E-state index in [0.717, 1.165) is 0 Å².